The fraction of sp³-hybridized carbons (Fsp3) is 0.625. The Hall–Kier alpha value is -1.20. The molecular weight excluding hydrogens is 195 g/mol. The largest absolute Gasteiger partial charge is 0.406 e. The summed E-state index contributed by atoms with van der Waals surface area (Å²) in [6.07, 6.45) is -0.697. The number of hydrogen-bond donors (Lipinski definition) is 1. The second kappa shape index (κ2) is 4.34. The van der Waals surface area contributed by atoms with E-state index in [1.54, 1.807) is 0 Å². The van der Waals surface area contributed by atoms with Crippen LogP contribution in [0.4, 0.5) is 19.1 Å². The average molecular weight is 207 g/mol. The van der Waals surface area contributed by atoms with Gasteiger partial charge in [-0.3, -0.25) is 0 Å². The normalized spacial score (nSPS) is 11.7. The van der Waals surface area contributed by atoms with Crippen LogP contribution in [-0.4, -0.2) is 22.3 Å². The molecule has 0 atom stereocenters. The average Bonchev–Trinajstić information content (AvgIpc) is 2.45. The molecule has 1 heterocycles. The first-order valence-electron chi connectivity index (χ1n) is 4.34. The molecule has 0 unspecified atom stereocenters. The lowest BCUT2D eigenvalue weighted by Gasteiger charge is -2.11. The van der Waals surface area contributed by atoms with Crippen molar-refractivity contribution in [2.45, 2.75) is 26.1 Å². The van der Waals surface area contributed by atoms with Crippen molar-refractivity contribution < 1.29 is 13.2 Å². The molecule has 0 spiro atoms. The molecule has 1 rings (SSSR count). The van der Waals surface area contributed by atoms with Gasteiger partial charge in [-0.1, -0.05) is 6.92 Å². The molecule has 80 valence electrons. The van der Waals surface area contributed by atoms with E-state index in [0.717, 1.165) is 11.0 Å². The van der Waals surface area contributed by atoms with E-state index in [1.165, 1.54) is 12.4 Å². The van der Waals surface area contributed by atoms with Crippen molar-refractivity contribution in [2.24, 2.45) is 0 Å². The van der Waals surface area contributed by atoms with Crippen LogP contribution in [0.3, 0.4) is 0 Å². The lowest BCUT2D eigenvalue weighted by molar-refractivity contribution is -0.140. The van der Waals surface area contributed by atoms with Gasteiger partial charge in [0, 0.05) is 18.9 Å². The molecule has 1 aromatic heterocycles. The Balaban J connectivity index is 2.63. The van der Waals surface area contributed by atoms with Crippen LogP contribution in [0.15, 0.2) is 12.4 Å². The topological polar surface area (TPSA) is 29.9 Å². The van der Waals surface area contributed by atoms with Gasteiger partial charge in [0.1, 0.15) is 6.54 Å². The van der Waals surface area contributed by atoms with Crippen LogP contribution in [0.5, 0.6) is 0 Å². The summed E-state index contributed by atoms with van der Waals surface area (Å²) in [6.45, 7) is 1.55. The van der Waals surface area contributed by atoms with Crippen LogP contribution in [0, 0.1) is 0 Å². The molecule has 0 fully saturated rings. The van der Waals surface area contributed by atoms with Gasteiger partial charge in [0.2, 0.25) is 5.95 Å². The smallest absolute Gasteiger partial charge is 0.356 e. The molecule has 0 saturated heterocycles. The van der Waals surface area contributed by atoms with E-state index < -0.39 is 12.7 Å². The number of imidazole rings is 1. The van der Waals surface area contributed by atoms with E-state index in [9.17, 15) is 13.2 Å². The Morgan fingerprint density at radius 1 is 1.50 bits per heavy atom. The SMILES string of the molecule is CCCNc1nccn1CC(F)(F)F. The highest BCUT2D eigenvalue weighted by atomic mass is 19.4. The van der Waals surface area contributed by atoms with Gasteiger partial charge in [0.25, 0.3) is 0 Å². The molecule has 3 nitrogen and oxygen atoms in total. The monoisotopic (exact) mass is 207 g/mol. The van der Waals surface area contributed by atoms with Gasteiger partial charge in [-0.2, -0.15) is 13.2 Å². The third kappa shape index (κ3) is 3.27. The molecule has 0 amide bonds. The zero-order valence-corrected chi connectivity index (χ0v) is 7.80. The number of nitrogens with zero attached hydrogens (tertiary/aromatic N) is 2. The quantitative estimate of drug-likeness (QED) is 0.820. The van der Waals surface area contributed by atoms with Crippen molar-refractivity contribution >= 4 is 5.95 Å². The van der Waals surface area contributed by atoms with Gasteiger partial charge in [0.05, 0.1) is 0 Å². The second-order valence-electron chi connectivity index (χ2n) is 2.92. The third-order valence-corrected chi connectivity index (χ3v) is 1.60. The number of hydrogen-bond acceptors (Lipinski definition) is 2. The Labute approximate surface area is 79.9 Å². The Morgan fingerprint density at radius 3 is 2.79 bits per heavy atom. The first-order chi connectivity index (χ1) is 6.53. The van der Waals surface area contributed by atoms with E-state index in [4.69, 9.17) is 0 Å². The van der Waals surface area contributed by atoms with Crippen molar-refractivity contribution in [1.29, 1.82) is 0 Å². The maximum Gasteiger partial charge on any atom is 0.406 e. The Morgan fingerprint density at radius 2 is 2.21 bits per heavy atom. The van der Waals surface area contributed by atoms with Gasteiger partial charge in [-0.25, -0.2) is 4.98 Å². The fourth-order valence-electron chi connectivity index (χ4n) is 1.03. The number of halogens is 3. The molecule has 0 bridgehead atoms. The van der Waals surface area contributed by atoms with Crippen molar-refractivity contribution in [3.8, 4) is 0 Å². The maximum atomic E-state index is 12.0. The van der Waals surface area contributed by atoms with E-state index >= 15 is 0 Å². The number of rotatable bonds is 4. The summed E-state index contributed by atoms with van der Waals surface area (Å²) in [5.41, 5.74) is 0. The summed E-state index contributed by atoms with van der Waals surface area (Å²) in [6, 6.07) is 0. The predicted molar refractivity (Wildman–Crippen MR) is 47.1 cm³/mol. The second-order valence-corrected chi connectivity index (χ2v) is 2.92. The summed E-state index contributed by atoms with van der Waals surface area (Å²) in [5.74, 6) is 0.268. The molecule has 1 N–H and O–H groups in total. The molecule has 0 aliphatic carbocycles. The minimum absolute atomic E-state index is 0.268. The minimum Gasteiger partial charge on any atom is -0.356 e. The Bertz CT molecular complexity index is 280. The van der Waals surface area contributed by atoms with Crippen molar-refractivity contribution in [2.75, 3.05) is 11.9 Å². The fourth-order valence-corrected chi connectivity index (χ4v) is 1.03. The van der Waals surface area contributed by atoms with Crippen molar-refractivity contribution in [1.82, 2.24) is 9.55 Å². The highest BCUT2D eigenvalue weighted by Gasteiger charge is 2.28. The molecule has 0 aromatic carbocycles. The molecule has 1 aromatic rings. The minimum atomic E-state index is -4.21. The molecule has 6 heteroatoms. The number of alkyl halides is 3. The van der Waals surface area contributed by atoms with Gasteiger partial charge in [-0.05, 0) is 6.42 Å². The highest BCUT2D eigenvalue weighted by molar-refractivity contribution is 5.25. The molecule has 0 aliphatic rings. The number of aromatic nitrogens is 2. The van der Waals surface area contributed by atoms with Crippen molar-refractivity contribution in [3.63, 3.8) is 0 Å². The van der Waals surface area contributed by atoms with Gasteiger partial charge in [0.15, 0.2) is 0 Å². The zero-order valence-electron chi connectivity index (χ0n) is 7.80. The maximum absolute atomic E-state index is 12.0. The summed E-state index contributed by atoms with van der Waals surface area (Å²) < 4.78 is 37.2. The molecule has 0 saturated carbocycles. The van der Waals surface area contributed by atoms with E-state index in [1.807, 2.05) is 6.92 Å². The number of nitrogens with one attached hydrogen (secondary N) is 1. The van der Waals surface area contributed by atoms with Crippen LogP contribution in [-0.2, 0) is 6.54 Å². The number of anilines is 1. The molecule has 14 heavy (non-hydrogen) atoms. The first kappa shape index (κ1) is 10.9. The van der Waals surface area contributed by atoms with Crippen LogP contribution in [0.1, 0.15) is 13.3 Å². The third-order valence-electron chi connectivity index (χ3n) is 1.60. The van der Waals surface area contributed by atoms with Crippen molar-refractivity contribution in [3.05, 3.63) is 12.4 Å². The first-order valence-corrected chi connectivity index (χ1v) is 4.34. The predicted octanol–water partition coefficient (Wildman–Crippen LogP) is 2.27. The van der Waals surface area contributed by atoms with Crippen LogP contribution in [0.25, 0.3) is 0 Å². The van der Waals surface area contributed by atoms with Gasteiger partial charge >= 0.3 is 6.18 Å². The lowest BCUT2D eigenvalue weighted by atomic mass is 10.5. The highest BCUT2D eigenvalue weighted by Crippen LogP contribution is 2.19. The molecular formula is C8H12F3N3. The Kier molecular flexibility index (Phi) is 3.38. The van der Waals surface area contributed by atoms with E-state index in [0.29, 0.717) is 6.54 Å². The standard InChI is InChI=1S/C8H12F3N3/c1-2-3-12-7-13-4-5-14(7)6-8(9,10)11/h4-5H,2-3,6H2,1H3,(H,12,13). The van der Waals surface area contributed by atoms with Crippen LogP contribution < -0.4 is 5.32 Å². The van der Waals surface area contributed by atoms with Gasteiger partial charge in [-0.15, -0.1) is 0 Å². The van der Waals surface area contributed by atoms with E-state index in [2.05, 4.69) is 10.3 Å². The summed E-state index contributed by atoms with van der Waals surface area (Å²) >= 11 is 0. The molecule has 0 radical (unpaired) electrons. The lowest BCUT2D eigenvalue weighted by Crippen LogP contribution is -2.19. The molecule has 0 aliphatic heterocycles. The summed E-state index contributed by atoms with van der Waals surface area (Å²) in [7, 11) is 0. The van der Waals surface area contributed by atoms with Crippen LogP contribution >= 0.6 is 0 Å². The summed E-state index contributed by atoms with van der Waals surface area (Å²) in [4.78, 5) is 3.79. The van der Waals surface area contributed by atoms with Gasteiger partial charge < -0.3 is 9.88 Å². The zero-order chi connectivity index (χ0) is 10.6. The summed E-state index contributed by atoms with van der Waals surface area (Å²) in [5, 5.41) is 2.82. The van der Waals surface area contributed by atoms with Crippen LogP contribution in [0.2, 0.25) is 0 Å². The van der Waals surface area contributed by atoms with E-state index in [-0.39, 0.29) is 5.95 Å².